The summed E-state index contributed by atoms with van der Waals surface area (Å²) in [4.78, 5) is 14.5. The van der Waals surface area contributed by atoms with Crippen LogP contribution in [0.1, 0.15) is 29.8 Å². The van der Waals surface area contributed by atoms with Gasteiger partial charge in [-0.15, -0.1) is 0 Å². The topological polar surface area (TPSA) is 40.5 Å². The molecule has 1 aromatic rings. The van der Waals surface area contributed by atoms with E-state index in [4.69, 9.17) is 5.11 Å². The highest BCUT2D eigenvalue weighted by Crippen LogP contribution is 2.26. The summed E-state index contributed by atoms with van der Waals surface area (Å²) in [7, 11) is 0. The number of amides is 1. The van der Waals surface area contributed by atoms with E-state index in [1.807, 2.05) is 18.7 Å². The van der Waals surface area contributed by atoms with Crippen LogP contribution in [-0.2, 0) is 0 Å². The number of benzene rings is 1. The fourth-order valence-electron chi connectivity index (χ4n) is 2.31. The van der Waals surface area contributed by atoms with Crippen LogP contribution in [0.3, 0.4) is 0 Å². The second kappa shape index (κ2) is 6.97. The first-order chi connectivity index (χ1) is 10.0. The lowest BCUT2D eigenvalue weighted by atomic mass is 10.0. The van der Waals surface area contributed by atoms with Crippen molar-refractivity contribution in [2.45, 2.75) is 25.1 Å². The van der Waals surface area contributed by atoms with Crippen LogP contribution in [0.15, 0.2) is 18.2 Å². The molecular weight excluding hydrogens is 289 g/mol. The standard InChI is InChI=1S/C16H18FNO2S/c1-11-12(2)21-9-7-18(11)16(20)15-10-14(17)6-5-13(15)4-3-8-19/h5-6,10-12,19H,7-9H2,1-2H3. The summed E-state index contributed by atoms with van der Waals surface area (Å²) >= 11 is 1.83. The number of aliphatic hydroxyl groups is 1. The van der Waals surface area contributed by atoms with Crippen LogP contribution >= 0.6 is 11.8 Å². The number of carbonyl (C=O) groups is 1. The summed E-state index contributed by atoms with van der Waals surface area (Å²) in [6, 6.07) is 4.08. The normalized spacial score (nSPS) is 21.6. The van der Waals surface area contributed by atoms with E-state index in [2.05, 4.69) is 18.8 Å². The SMILES string of the molecule is CC1SCCN(C(=O)c2cc(F)ccc2C#CCO)C1C. The molecule has 1 amide bonds. The highest BCUT2D eigenvalue weighted by molar-refractivity contribution is 8.00. The first-order valence-electron chi connectivity index (χ1n) is 6.86. The van der Waals surface area contributed by atoms with Crippen LogP contribution in [0.2, 0.25) is 0 Å². The molecular formula is C16H18FNO2S. The molecule has 0 saturated carbocycles. The van der Waals surface area contributed by atoms with E-state index in [9.17, 15) is 9.18 Å². The molecule has 1 saturated heterocycles. The van der Waals surface area contributed by atoms with Crippen LogP contribution in [0.4, 0.5) is 4.39 Å². The molecule has 1 heterocycles. The molecule has 0 radical (unpaired) electrons. The number of carbonyl (C=O) groups excluding carboxylic acids is 1. The number of halogens is 1. The molecule has 1 fully saturated rings. The molecule has 1 aliphatic heterocycles. The Kier molecular flexibility index (Phi) is 5.27. The van der Waals surface area contributed by atoms with Gasteiger partial charge in [-0.25, -0.2) is 4.39 Å². The van der Waals surface area contributed by atoms with Gasteiger partial charge in [0.05, 0.1) is 5.56 Å². The first-order valence-corrected chi connectivity index (χ1v) is 7.91. The molecule has 1 aromatic carbocycles. The fourth-order valence-corrected chi connectivity index (χ4v) is 3.41. The smallest absolute Gasteiger partial charge is 0.255 e. The van der Waals surface area contributed by atoms with Gasteiger partial charge >= 0.3 is 0 Å². The number of thioether (sulfide) groups is 1. The molecule has 112 valence electrons. The second-order valence-electron chi connectivity index (χ2n) is 4.96. The maximum absolute atomic E-state index is 13.5. The van der Waals surface area contributed by atoms with Crippen molar-refractivity contribution < 1.29 is 14.3 Å². The van der Waals surface area contributed by atoms with Crippen molar-refractivity contribution in [2.24, 2.45) is 0 Å². The van der Waals surface area contributed by atoms with Crippen LogP contribution in [-0.4, -0.2) is 46.1 Å². The van der Waals surface area contributed by atoms with Gasteiger partial charge < -0.3 is 10.0 Å². The van der Waals surface area contributed by atoms with Gasteiger partial charge in [-0.2, -0.15) is 11.8 Å². The largest absolute Gasteiger partial charge is 0.384 e. The molecule has 5 heteroatoms. The molecule has 2 rings (SSSR count). The Balaban J connectivity index is 2.35. The molecule has 1 N–H and O–H groups in total. The van der Waals surface area contributed by atoms with E-state index in [0.717, 1.165) is 5.75 Å². The van der Waals surface area contributed by atoms with Crippen molar-refractivity contribution in [3.05, 3.63) is 35.1 Å². The van der Waals surface area contributed by atoms with E-state index in [1.54, 1.807) is 4.90 Å². The van der Waals surface area contributed by atoms with Crippen molar-refractivity contribution in [2.75, 3.05) is 18.9 Å². The summed E-state index contributed by atoms with van der Waals surface area (Å²) in [6.07, 6.45) is 0. The summed E-state index contributed by atoms with van der Waals surface area (Å²) in [5.41, 5.74) is 0.718. The van der Waals surface area contributed by atoms with Crippen LogP contribution in [0.5, 0.6) is 0 Å². The third-order valence-corrected chi connectivity index (χ3v) is 5.00. The van der Waals surface area contributed by atoms with Crippen molar-refractivity contribution >= 4 is 17.7 Å². The summed E-state index contributed by atoms with van der Waals surface area (Å²) in [5, 5.41) is 9.14. The van der Waals surface area contributed by atoms with E-state index < -0.39 is 5.82 Å². The predicted octanol–water partition coefficient (Wildman–Crippen LogP) is 2.14. The van der Waals surface area contributed by atoms with Crippen molar-refractivity contribution in [1.29, 1.82) is 0 Å². The maximum Gasteiger partial charge on any atom is 0.255 e. The van der Waals surface area contributed by atoms with Gasteiger partial charge in [0.2, 0.25) is 0 Å². The fraction of sp³-hybridized carbons (Fsp3) is 0.438. The Morgan fingerprint density at radius 1 is 1.52 bits per heavy atom. The zero-order valence-electron chi connectivity index (χ0n) is 12.1. The number of hydrogen-bond acceptors (Lipinski definition) is 3. The Bertz CT molecular complexity index is 594. The molecule has 0 aliphatic carbocycles. The molecule has 2 unspecified atom stereocenters. The molecule has 3 nitrogen and oxygen atoms in total. The molecule has 0 aromatic heterocycles. The predicted molar refractivity (Wildman–Crippen MR) is 82.8 cm³/mol. The quantitative estimate of drug-likeness (QED) is 0.808. The van der Waals surface area contributed by atoms with Gasteiger partial charge in [0.1, 0.15) is 12.4 Å². The summed E-state index contributed by atoms with van der Waals surface area (Å²) < 4.78 is 13.5. The van der Waals surface area contributed by atoms with Gasteiger partial charge in [0.15, 0.2) is 0 Å². The van der Waals surface area contributed by atoms with E-state index >= 15 is 0 Å². The lowest BCUT2D eigenvalue weighted by molar-refractivity contribution is 0.0697. The van der Waals surface area contributed by atoms with Crippen molar-refractivity contribution in [3.63, 3.8) is 0 Å². The number of hydrogen-bond donors (Lipinski definition) is 1. The molecule has 0 spiro atoms. The zero-order valence-corrected chi connectivity index (χ0v) is 12.9. The Hall–Kier alpha value is -1.51. The summed E-state index contributed by atoms with van der Waals surface area (Å²) in [6.45, 7) is 4.46. The monoisotopic (exact) mass is 307 g/mol. The minimum Gasteiger partial charge on any atom is -0.384 e. The van der Waals surface area contributed by atoms with Crippen molar-refractivity contribution in [3.8, 4) is 11.8 Å². The van der Waals surface area contributed by atoms with Gasteiger partial charge in [0, 0.05) is 29.2 Å². The van der Waals surface area contributed by atoms with Gasteiger partial charge in [0.25, 0.3) is 5.91 Å². The Morgan fingerprint density at radius 3 is 3.00 bits per heavy atom. The lowest BCUT2D eigenvalue weighted by Gasteiger charge is -2.37. The van der Waals surface area contributed by atoms with Crippen LogP contribution in [0, 0.1) is 17.7 Å². The minimum atomic E-state index is -0.458. The first kappa shape index (κ1) is 15.9. The summed E-state index contributed by atoms with van der Waals surface area (Å²) in [5.74, 6) is 5.45. The van der Waals surface area contributed by atoms with Gasteiger partial charge in [-0.3, -0.25) is 4.79 Å². The number of aliphatic hydroxyl groups excluding tert-OH is 1. The molecule has 2 atom stereocenters. The van der Waals surface area contributed by atoms with Crippen LogP contribution < -0.4 is 0 Å². The minimum absolute atomic E-state index is 0.0955. The average Bonchev–Trinajstić information content (AvgIpc) is 2.48. The maximum atomic E-state index is 13.5. The van der Waals surface area contributed by atoms with E-state index in [1.165, 1.54) is 18.2 Å². The average molecular weight is 307 g/mol. The number of nitrogens with zero attached hydrogens (tertiary/aromatic N) is 1. The molecule has 0 bridgehead atoms. The molecule has 1 aliphatic rings. The highest BCUT2D eigenvalue weighted by atomic mass is 32.2. The second-order valence-corrected chi connectivity index (χ2v) is 6.45. The van der Waals surface area contributed by atoms with E-state index in [-0.39, 0.29) is 24.1 Å². The van der Waals surface area contributed by atoms with Crippen molar-refractivity contribution in [1.82, 2.24) is 4.90 Å². The van der Waals surface area contributed by atoms with E-state index in [0.29, 0.717) is 17.4 Å². The lowest BCUT2D eigenvalue weighted by Crippen LogP contribution is -2.48. The third-order valence-electron chi connectivity index (χ3n) is 3.66. The van der Waals surface area contributed by atoms with Gasteiger partial charge in [-0.1, -0.05) is 18.8 Å². The van der Waals surface area contributed by atoms with Crippen LogP contribution in [0.25, 0.3) is 0 Å². The third kappa shape index (κ3) is 3.58. The highest BCUT2D eigenvalue weighted by Gasteiger charge is 2.30. The number of rotatable bonds is 1. The van der Waals surface area contributed by atoms with Gasteiger partial charge in [-0.05, 0) is 25.1 Å². The molecule has 21 heavy (non-hydrogen) atoms. The zero-order chi connectivity index (χ0) is 15.4. The Morgan fingerprint density at radius 2 is 2.29 bits per heavy atom. The Labute approximate surface area is 128 Å².